The van der Waals surface area contributed by atoms with Gasteiger partial charge in [0.2, 0.25) is 10.0 Å². The molecule has 0 radical (unpaired) electrons. The number of halogens is 2. The topological polar surface area (TPSA) is 58.4 Å². The molecule has 2 aromatic carbocycles. The van der Waals surface area contributed by atoms with Crippen LogP contribution in [0.1, 0.15) is 37.4 Å². The van der Waals surface area contributed by atoms with Gasteiger partial charge in [-0.2, -0.15) is 9.40 Å². The molecule has 0 amide bonds. The highest BCUT2D eigenvalue weighted by atomic mass is 32.2. The maximum absolute atomic E-state index is 13.7. The van der Waals surface area contributed by atoms with Crippen LogP contribution in [0.15, 0.2) is 65.2 Å². The summed E-state index contributed by atoms with van der Waals surface area (Å²) < 4.78 is 57.8. The summed E-state index contributed by atoms with van der Waals surface area (Å²) in [5.74, 6) is -0.291. The molecule has 2 fully saturated rings. The second kappa shape index (κ2) is 9.06. The molecule has 1 aliphatic carbocycles. The van der Waals surface area contributed by atoms with Crippen LogP contribution in [-0.2, 0) is 16.4 Å². The fourth-order valence-electron chi connectivity index (χ4n) is 6.02. The van der Waals surface area contributed by atoms with Crippen LogP contribution in [0.25, 0.3) is 11.8 Å². The van der Waals surface area contributed by atoms with Gasteiger partial charge < -0.3 is 4.90 Å². The second-order valence-corrected chi connectivity index (χ2v) is 12.3. The van der Waals surface area contributed by atoms with Gasteiger partial charge in [-0.1, -0.05) is 12.5 Å². The first kappa shape index (κ1) is 24.3. The lowest BCUT2D eigenvalue weighted by Gasteiger charge is -2.45. The zero-order valence-electron chi connectivity index (χ0n) is 20.8. The minimum absolute atomic E-state index is 0.270. The van der Waals surface area contributed by atoms with Crippen LogP contribution in [-0.4, -0.2) is 54.9 Å². The molecule has 2 atom stereocenters. The Hall–Kier alpha value is -3.04. The fourth-order valence-corrected chi connectivity index (χ4v) is 7.55. The van der Waals surface area contributed by atoms with Crippen molar-refractivity contribution in [3.8, 4) is 5.69 Å². The van der Waals surface area contributed by atoms with Gasteiger partial charge in [-0.25, -0.2) is 21.9 Å². The molecule has 0 saturated carbocycles. The highest BCUT2D eigenvalue weighted by Crippen LogP contribution is 2.47. The predicted molar refractivity (Wildman–Crippen MR) is 139 cm³/mol. The summed E-state index contributed by atoms with van der Waals surface area (Å²) >= 11 is 0. The standard InChI is InChI=1S/C28H30F2N4O2S/c1-2-28-16-20-17-31-34(25-5-3-22(29)4-6-25)27(20)15-21(28)11-14-33(19-28)37(35,36)26-9-7-24(8-10-26)32-13-12-23(30)18-32/h3-10,15,17,23H,2,11-14,16,18-19H2,1H3/t23-,28-/m1/s1. The lowest BCUT2D eigenvalue weighted by molar-refractivity contribution is 0.204. The van der Waals surface area contributed by atoms with Crippen molar-refractivity contribution in [2.24, 2.45) is 5.41 Å². The molecule has 2 saturated heterocycles. The van der Waals surface area contributed by atoms with E-state index in [1.807, 2.05) is 15.8 Å². The molecule has 3 aromatic rings. The minimum atomic E-state index is -3.67. The summed E-state index contributed by atoms with van der Waals surface area (Å²) in [5.41, 5.74) is 4.64. The number of benzene rings is 2. The van der Waals surface area contributed by atoms with Crippen LogP contribution in [0, 0.1) is 11.2 Å². The number of nitrogens with zero attached hydrogens (tertiary/aromatic N) is 4. The summed E-state index contributed by atoms with van der Waals surface area (Å²) in [7, 11) is -3.67. The minimum Gasteiger partial charge on any atom is -0.369 e. The van der Waals surface area contributed by atoms with Crippen LogP contribution < -0.4 is 4.90 Å². The average Bonchev–Trinajstić information content (AvgIpc) is 3.53. The summed E-state index contributed by atoms with van der Waals surface area (Å²) in [6.45, 7) is 3.94. The third kappa shape index (κ3) is 4.18. The van der Waals surface area contributed by atoms with Gasteiger partial charge in [0.05, 0.1) is 22.5 Å². The Morgan fingerprint density at radius 2 is 1.78 bits per heavy atom. The Morgan fingerprint density at radius 3 is 2.46 bits per heavy atom. The zero-order chi connectivity index (χ0) is 25.8. The highest BCUT2D eigenvalue weighted by Gasteiger charge is 2.44. The largest absolute Gasteiger partial charge is 0.369 e. The molecule has 37 heavy (non-hydrogen) atoms. The summed E-state index contributed by atoms with van der Waals surface area (Å²) in [6.07, 6.45) is 5.84. The van der Waals surface area contributed by atoms with Crippen molar-refractivity contribution >= 4 is 21.8 Å². The van der Waals surface area contributed by atoms with E-state index in [0.29, 0.717) is 45.4 Å². The van der Waals surface area contributed by atoms with Crippen molar-refractivity contribution in [2.75, 3.05) is 31.1 Å². The number of alkyl halides is 1. The second-order valence-electron chi connectivity index (χ2n) is 10.3. The predicted octanol–water partition coefficient (Wildman–Crippen LogP) is 4.99. The van der Waals surface area contributed by atoms with Crippen molar-refractivity contribution in [3.63, 3.8) is 0 Å². The van der Waals surface area contributed by atoms with E-state index in [4.69, 9.17) is 0 Å². The molecule has 194 valence electrons. The third-order valence-corrected chi connectivity index (χ3v) is 10.1. The first-order chi connectivity index (χ1) is 17.8. The van der Waals surface area contributed by atoms with E-state index in [9.17, 15) is 17.2 Å². The number of aromatic nitrogens is 2. The van der Waals surface area contributed by atoms with Gasteiger partial charge >= 0.3 is 0 Å². The van der Waals surface area contributed by atoms with E-state index in [1.54, 1.807) is 40.7 Å². The SMILES string of the molecule is CC[C@]12Cc3cnn(-c4ccc(F)cc4)c3C=C1CCN(S(=O)(=O)c1ccc(N3CC[C@@H](F)C3)cc1)C2. The molecular formula is C28H30F2N4O2S. The Labute approximate surface area is 216 Å². The molecule has 1 aromatic heterocycles. The van der Waals surface area contributed by atoms with E-state index in [1.165, 1.54) is 17.7 Å². The number of piperidine rings is 1. The fraction of sp³-hybridized carbons (Fsp3) is 0.393. The maximum atomic E-state index is 13.7. The van der Waals surface area contributed by atoms with Crippen molar-refractivity contribution in [1.82, 2.24) is 14.1 Å². The van der Waals surface area contributed by atoms with E-state index in [2.05, 4.69) is 18.1 Å². The number of hydrogen-bond acceptors (Lipinski definition) is 4. The van der Waals surface area contributed by atoms with Crippen LogP contribution in [0.3, 0.4) is 0 Å². The lowest BCUT2D eigenvalue weighted by atomic mass is 9.67. The first-order valence-electron chi connectivity index (χ1n) is 12.8. The summed E-state index contributed by atoms with van der Waals surface area (Å²) in [5, 5.41) is 4.57. The van der Waals surface area contributed by atoms with Crippen molar-refractivity contribution in [3.05, 3.63) is 77.4 Å². The van der Waals surface area contributed by atoms with Crippen molar-refractivity contribution in [1.29, 1.82) is 0 Å². The Balaban J connectivity index is 1.26. The molecule has 0 N–H and O–H groups in total. The monoisotopic (exact) mass is 524 g/mol. The molecule has 0 spiro atoms. The Kier molecular flexibility index (Phi) is 5.95. The van der Waals surface area contributed by atoms with E-state index >= 15 is 0 Å². The zero-order valence-corrected chi connectivity index (χ0v) is 21.6. The maximum Gasteiger partial charge on any atom is 0.243 e. The van der Waals surface area contributed by atoms with E-state index in [0.717, 1.165) is 29.1 Å². The molecule has 9 heteroatoms. The van der Waals surface area contributed by atoms with Gasteiger partial charge in [0, 0.05) is 37.3 Å². The molecule has 6 nitrogen and oxygen atoms in total. The summed E-state index contributed by atoms with van der Waals surface area (Å²) in [4.78, 5) is 2.23. The van der Waals surface area contributed by atoms with Crippen LogP contribution >= 0.6 is 0 Å². The van der Waals surface area contributed by atoms with E-state index < -0.39 is 16.2 Å². The van der Waals surface area contributed by atoms with Crippen molar-refractivity contribution < 1.29 is 17.2 Å². The Bertz CT molecular complexity index is 1450. The van der Waals surface area contributed by atoms with Gasteiger partial charge in [-0.3, -0.25) is 0 Å². The van der Waals surface area contributed by atoms with Crippen molar-refractivity contribution in [2.45, 2.75) is 43.7 Å². The van der Waals surface area contributed by atoms with Crippen LogP contribution in [0.4, 0.5) is 14.5 Å². The summed E-state index contributed by atoms with van der Waals surface area (Å²) in [6, 6.07) is 13.1. The average molecular weight is 525 g/mol. The van der Waals surface area contributed by atoms with Crippen LogP contribution in [0.5, 0.6) is 0 Å². The van der Waals surface area contributed by atoms with Gasteiger partial charge in [-0.05, 0) is 85.9 Å². The van der Waals surface area contributed by atoms with Gasteiger partial charge in [0.15, 0.2) is 0 Å². The highest BCUT2D eigenvalue weighted by molar-refractivity contribution is 7.89. The number of fused-ring (bicyclic) bond motifs is 2. The van der Waals surface area contributed by atoms with Gasteiger partial charge in [-0.15, -0.1) is 0 Å². The van der Waals surface area contributed by atoms with Gasteiger partial charge in [0.1, 0.15) is 12.0 Å². The molecule has 0 unspecified atom stereocenters. The smallest absolute Gasteiger partial charge is 0.243 e. The number of rotatable bonds is 5. The normalized spacial score (nSPS) is 24.0. The molecular weight excluding hydrogens is 494 g/mol. The molecule has 3 aliphatic rings. The molecule has 6 rings (SSSR count). The first-order valence-corrected chi connectivity index (χ1v) is 14.3. The molecule has 2 aliphatic heterocycles. The third-order valence-electron chi connectivity index (χ3n) is 8.24. The van der Waals surface area contributed by atoms with Crippen LogP contribution in [0.2, 0.25) is 0 Å². The quantitative estimate of drug-likeness (QED) is 0.472. The molecule has 0 bridgehead atoms. The number of anilines is 1. The number of sulfonamides is 1. The number of hydrogen-bond donors (Lipinski definition) is 0. The Morgan fingerprint density at radius 1 is 1.05 bits per heavy atom. The van der Waals surface area contributed by atoms with E-state index in [-0.39, 0.29) is 16.1 Å². The molecule has 3 heterocycles. The lowest BCUT2D eigenvalue weighted by Crippen LogP contribution is -2.49. The van der Waals surface area contributed by atoms with Gasteiger partial charge in [0.25, 0.3) is 0 Å².